The summed E-state index contributed by atoms with van der Waals surface area (Å²) in [6, 6.07) is 13.0. The summed E-state index contributed by atoms with van der Waals surface area (Å²) < 4.78 is 26.2. The average molecular weight is 300 g/mol. The molecule has 0 aliphatic rings. The predicted octanol–water partition coefficient (Wildman–Crippen LogP) is 1.94. The maximum atomic E-state index is 12.7. The summed E-state index contributed by atoms with van der Waals surface area (Å²) in [7, 11) is -3.95. The van der Waals surface area contributed by atoms with Crippen molar-refractivity contribution in [3.05, 3.63) is 70.6 Å². The van der Waals surface area contributed by atoms with Gasteiger partial charge in [-0.3, -0.25) is 4.79 Å². The van der Waals surface area contributed by atoms with E-state index in [2.05, 4.69) is 4.98 Å². The number of nitrogens with zero attached hydrogens (tertiary/aromatic N) is 2. The van der Waals surface area contributed by atoms with E-state index in [0.29, 0.717) is 5.52 Å². The number of aryl methyl sites for hydroxylation is 1. The maximum absolute atomic E-state index is 12.7. The van der Waals surface area contributed by atoms with Crippen LogP contribution in [-0.2, 0) is 10.0 Å². The number of para-hydroxylation sites is 2. The topological polar surface area (TPSA) is 69.0 Å². The molecule has 3 rings (SSSR count). The molecule has 0 radical (unpaired) electrons. The van der Waals surface area contributed by atoms with Crippen molar-refractivity contribution in [3.8, 4) is 0 Å². The fourth-order valence-corrected chi connectivity index (χ4v) is 3.49. The lowest BCUT2D eigenvalue weighted by atomic mass is 10.2. The summed E-state index contributed by atoms with van der Waals surface area (Å²) in [5, 5.41) is 0. The van der Waals surface area contributed by atoms with E-state index in [9.17, 15) is 13.2 Å². The minimum atomic E-state index is -3.95. The number of rotatable bonds is 2. The van der Waals surface area contributed by atoms with Crippen LogP contribution in [0.5, 0.6) is 0 Å². The molecule has 21 heavy (non-hydrogen) atoms. The first-order chi connectivity index (χ1) is 10.00. The molecule has 5 nitrogen and oxygen atoms in total. The van der Waals surface area contributed by atoms with Crippen molar-refractivity contribution in [1.29, 1.82) is 0 Å². The highest BCUT2D eigenvalue weighted by Gasteiger charge is 2.20. The standard InChI is InChI=1S/C15H12N2O3S/c1-11-6-8-12(9-7-11)21(19,20)17-14-5-3-2-4-13(14)16-10-15(17)18/h2-10H,1H3. The van der Waals surface area contributed by atoms with Crippen LogP contribution >= 0.6 is 0 Å². The van der Waals surface area contributed by atoms with Crippen molar-refractivity contribution in [3.63, 3.8) is 0 Å². The van der Waals surface area contributed by atoms with E-state index in [1.54, 1.807) is 36.4 Å². The monoisotopic (exact) mass is 300 g/mol. The zero-order valence-electron chi connectivity index (χ0n) is 11.2. The van der Waals surface area contributed by atoms with E-state index in [4.69, 9.17) is 0 Å². The van der Waals surface area contributed by atoms with Gasteiger partial charge in [0.25, 0.3) is 15.6 Å². The molecule has 1 aromatic heterocycles. The Morgan fingerprint density at radius 2 is 1.67 bits per heavy atom. The zero-order chi connectivity index (χ0) is 15.0. The molecule has 1 heterocycles. The van der Waals surface area contributed by atoms with E-state index >= 15 is 0 Å². The fraction of sp³-hybridized carbons (Fsp3) is 0.0667. The highest BCUT2D eigenvalue weighted by atomic mass is 32.2. The summed E-state index contributed by atoms with van der Waals surface area (Å²) in [5.74, 6) is 0. The number of fused-ring (bicyclic) bond motifs is 1. The third-order valence-electron chi connectivity index (χ3n) is 3.17. The minimum absolute atomic E-state index is 0.0755. The van der Waals surface area contributed by atoms with Crippen LogP contribution < -0.4 is 5.56 Å². The third-order valence-corrected chi connectivity index (χ3v) is 4.90. The lowest BCUT2D eigenvalue weighted by Gasteiger charge is -2.10. The van der Waals surface area contributed by atoms with Gasteiger partial charge in [-0.2, -0.15) is 3.97 Å². The van der Waals surface area contributed by atoms with Crippen LogP contribution in [0, 0.1) is 6.92 Å². The Kier molecular flexibility index (Phi) is 3.10. The second-order valence-electron chi connectivity index (χ2n) is 4.67. The molecule has 6 heteroatoms. The molecule has 0 spiro atoms. The second kappa shape index (κ2) is 4.82. The second-order valence-corrected chi connectivity index (χ2v) is 6.45. The van der Waals surface area contributed by atoms with E-state index in [0.717, 1.165) is 15.7 Å². The van der Waals surface area contributed by atoms with Crippen LogP contribution in [-0.4, -0.2) is 17.4 Å². The molecule has 0 N–H and O–H groups in total. The largest absolute Gasteiger partial charge is 0.283 e. The Hall–Kier alpha value is -2.47. The molecule has 0 aliphatic carbocycles. The van der Waals surface area contributed by atoms with Gasteiger partial charge in [0.1, 0.15) is 0 Å². The Labute approximate surface area is 121 Å². The first-order valence-corrected chi connectivity index (χ1v) is 7.73. The lowest BCUT2D eigenvalue weighted by Crippen LogP contribution is -2.27. The molecule has 0 aliphatic heterocycles. The Bertz CT molecular complexity index is 974. The van der Waals surface area contributed by atoms with E-state index in [1.165, 1.54) is 12.1 Å². The van der Waals surface area contributed by atoms with Crippen molar-refractivity contribution in [2.45, 2.75) is 11.8 Å². The van der Waals surface area contributed by atoms with Crippen molar-refractivity contribution < 1.29 is 8.42 Å². The molecule has 0 fully saturated rings. The zero-order valence-corrected chi connectivity index (χ0v) is 12.0. The quantitative estimate of drug-likeness (QED) is 0.725. The summed E-state index contributed by atoms with van der Waals surface area (Å²) in [6.45, 7) is 1.87. The molecule has 0 unspecified atom stereocenters. The average Bonchev–Trinajstić information content (AvgIpc) is 2.47. The van der Waals surface area contributed by atoms with Gasteiger partial charge in [0, 0.05) is 0 Å². The molecule has 0 atom stereocenters. The fourth-order valence-electron chi connectivity index (χ4n) is 2.10. The molecule has 0 amide bonds. The van der Waals surface area contributed by atoms with Gasteiger partial charge in [0.2, 0.25) is 0 Å². The molecule has 0 saturated carbocycles. The smallest absolute Gasteiger partial charge is 0.266 e. The summed E-state index contributed by atoms with van der Waals surface area (Å²) >= 11 is 0. The predicted molar refractivity (Wildman–Crippen MR) is 79.8 cm³/mol. The van der Waals surface area contributed by atoms with E-state index < -0.39 is 15.6 Å². The summed E-state index contributed by atoms with van der Waals surface area (Å²) in [6.07, 6.45) is 1.02. The highest BCUT2D eigenvalue weighted by molar-refractivity contribution is 7.90. The molecular weight excluding hydrogens is 288 g/mol. The number of hydrogen-bond donors (Lipinski definition) is 0. The van der Waals surface area contributed by atoms with Gasteiger partial charge in [-0.25, -0.2) is 13.4 Å². The Morgan fingerprint density at radius 3 is 2.38 bits per heavy atom. The van der Waals surface area contributed by atoms with Crippen molar-refractivity contribution >= 4 is 21.1 Å². The van der Waals surface area contributed by atoms with Crippen LogP contribution in [0.15, 0.2) is 64.4 Å². The van der Waals surface area contributed by atoms with Crippen LogP contribution in [0.2, 0.25) is 0 Å². The molecule has 2 aromatic carbocycles. The van der Waals surface area contributed by atoms with Gasteiger partial charge in [-0.15, -0.1) is 0 Å². The van der Waals surface area contributed by atoms with Crippen LogP contribution in [0.3, 0.4) is 0 Å². The first kappa shape index (κ1) is 13.5. The van der Waals surface area contributed by atoms with Gasteiger partial charge < -0.3 is 0 Å². The highest BCUT2D eigenvalue weighted by Crippen LogP contribution is 2.17. The first-order valence-electron chi connectivity index (χ1n) is 6.29. The summed E-state index contributed by atoms with van der Waals surface area (Å²) in [5.41, 5.74) is 0.994. The lowest BCUT2D eigenvalue weighted by molar-refractivity contribution is 0.587. The van der Waals surface area contributed by atoms with Gasteiger partial charge in [-0.1, -0.05) is 29.8 Å². The van der Waals surface area contributed by atoms with Gasteiger partial charge in [-0.05, 0) is 31.2 Å². The molecule has 3 aromatic rings. The SMILES string of the molecule is Cc1ccc(S(=O)(=O)n2c(=O)cnc3ccccc32)cc1. The van der Waals surface area contributed by atoms with Crippen molar-refractivity contribution in [2.75, 3.05) is 0 Å². The molecule has 0 bridgehead atoms. The Balaban J connectivity index is 2.36. The number of benzene rings is 2. The Morgan fingerprint density at radius 1 is 1.00 bits per heavy atom. The van der Waals surface area contributed by atoms with Gasteiger partial charge >= 0.3 is 0 Å². The van der Waals surface area contributed by atoms with E-state index in [1.807, 2.05) is 6.92 Å². The van der Waals surface area contributed by atoms with Gasteiger partial charge in [0.05, 0.1) is 22.1 Å². The summed E-state index contributed by atoms with van der Waals surface area (Å²) in [4.78, 5) is 16.1. The molecule has 0 saturated heterocycles. The van der Waals surface area contributed by atoms with E-state index in [-0.39, 0.29) is 10.4 Å². The normalized spacial score (nSPS) is 11.7. The molecular formula is C15H12N2O3S. The van der Waals surface area contributed by atoms with Gasteiger partial charge in [0.15, 0.2) is 0 Å². The number of aromatic nitrogens is 2. The van der Waals surface area contributed by atoms with Crippen molar-refractivity contribution in [1.82, 2.24) is 8.96 Å². The maximum Gasteiger partial charge on any atom is 0.283 e. The van der Waals surface area contributed by atoms with Crippen LogP contribution in [0.1, 0.15) is 5.56 Å². The number of hydrogen-bond acceptors (Lipinski definition) is 4. The minimum Gasteiger partial charge on any atom is -0.266 e. The van der Waals surface area contributed by atoms with Crippen LogP contribution in [0.25, 0.3) is 11.0 Å². The third kappa shape index (κ3) is 2.23. The molecule has 106 valence electrons. The van der Waals surface area contributed by atoms with Crippen LogP contribution in [0.4, 0.5) is 0 Å². The van der Waals surface area contributed by atoms with Crippen molar-refractivity contribution in [2.24, 2.45) is 0 Å².